The molecular formula is C15H18N2O4. The standard InChI is InChI=1S/C15H18N2O4/c1-18-5-4-16-9-12-15(21-10-17-12)11-2-3-13-14(8-11)20-7-6-19-13/h2-3,8,10,16H,4-7,9H2,1H3. The Morgan fingerprint density at radius 2 is 2.10 bits per heavy atom. The van der Waals surface area contributed by atoms with Crippen molar-refractivity contribution >= 4 is 0 Å². The lowest BCUT2D eigenvalue weighted by Crippen LogP contribution is -2.19. The number of nitrogens with zero attached hydrogens (tertiary/aromatic N) is 1. The van der Waals surface area contributed by atoms with E-state index in [1.807, 2.05) is 18.2 Å². The zero-order chi connectivity index (χ0) is 14.5. The number of fused-ring (bicyclic) bond motifs is 1. The summed E-state index contributed by atoms with van der Waals surface area (Å²) in [5.41, 5.74) is 1.79. The van der Waals surface area contributed by atoms with Gasteiger partial charge in [0.05, 0.1) is 6.61 Å². The zero-order valence-electron chi connectivity index (χ0n) is 11.9. The monoisotopic (exact) mass is 290 g/mol. The summed E-state index contributed by atoms with van der Waals surface area (Å²) >= 11 is 0. The summed E-state index contributed by atoms with van der Waals surface area (Å²) in [6.07, 6.45) is 1.46. The number of benzene rings is 1. The van der Waals surface area contributed by atoms with Crippen LogP contribution < -0.4 is 14.8 Å². The van der Waals surface area contributed by atoms with Crippen molar-refractivity contribution in [2.24, 2.45) is 0 Å². The highest BCUT2D eigenvalue weighted by Gasteiger charge is 2.16. The number of methoxy groups -OCH3 is 1. The molecule has 0 bridgehead atoms. The number of nitrogens with one attached hydrogen (secondary N) is 1. The van der Waals surface area contributed by atoms with E-state index in [1.165, 1.54) is 6.39 Å². The SMILES string of the molecule is COCCNCc1ncoc1-c1ccc2c(c1)OCCO2. The minimum absolute atomic E-state index is 0.568. The number of hydrogen-bond donors (Lipinski definition) is 1. The Bertz CT molecular complexity index is 597. The van der Waals surface area contributed by atoms with Gasteiger partial charge in [-0.3, -0.25) is 0 Å². The van der Waals surface area contributed by atoms with Gasteiger partial charge < -0.3 is 23.9 Å². The molecule has 0 saturated carbocycles. The van der Waals surface area contributed by atoms with Gasteiger partial charge in [-0.1, -0.05) is 0 Å². The number of aromatic nitrogens is 1. The first-order chi connectivity index (χ1) is 10.4. The molecule has 2 heterocycles. The predicted octanol–water partition coefficient (Wildman–Crippen LogP) is 1.85. The van der Waals surface area contributed by atoms with E-state index in [-0.39, 0.29) is 0 Å². The van der Waals surface area contributed by atoms with E-state index in [2.05, 4.69) is 10.3 Å². The van der Waals surface area contributed by atoms with Crippen LogP contribution in [0.25, 0.3) is 11.3 Å². The fourth-order valence-corrected chi connectivity index (χ4v) is 2.20. The third-order valence-electron chi connectivity index (χ3n) is 3.22. The molecule has 6 heteroatoms. The molecule has 1 aromatic carbocycles. The highest BCUT2D eigenvalue weighted by Crippen LogP contribution is 2.35. The van der Waals surface area contributed by atoms with Crippen LogP contribution in [0.4, 0.5) is 0 Å². The molecule has 0 fully saturated rings. The van der Waals surface area contributed by atoms with Gasteiger partial charge >= 0.3 is 0 Å². The summed E-state index contributed by atoms with van der Waals surface area (Å²) in [5.74, 6) is 2.26. The van der Waals surface area contributed by atoms with Crippen LogP contribution in [0.1, 0.15) is 5.69 Å². The summed E-state index contributed by atoms with van der Waals surface area (Å²) < 4.78 is 21.6. The molecule has 112 valence electrons. The van der Waals surface area contributed by atoms with E-state index in [4.69, 9.17) is 18.6 Å². The lowest BCUT2D eigenvalue weighted by Gasteiger charge is -2.18. The Balaban J connectivity index is 1.76. The largest absolute Gasteiger partial charge is 0.486 e. The Morgan fingerprint density at radius 3 is 2.95 bits per heavy atom. The maximum absolute atomic E-state index is 5.60. The Morgan fingerprint density at radius 1 is 1.24 bits per heavy atom. The number of ether oxygens (including phenoxy) is 3. The molecule has 0 saturated heterocycles. The first kappa shape index (κ1) is 13.9. The lowest BCUT2D eigenvalue weighted by molar-refractivity contribution is 0.171. The van der Waals surface area contributed by atoms with Crippen LogP contribution in [-0.4, -0.2) is 38.5 Å². The minimum atomic E-state index is 0.568. The molecule has 1 N–H and O–H groups in total. The van der Waals surface area contributed by atoms with Crippen LogP contribution in [0, 0.1) is 0 Å². The van der Waals surface area contributed by atoms with Crippen LogP contribution in [0.2, 0.25) is 0 Å². The summed E-state index contributed by atoms with van der Waals surface area (Å²) in [6, 6.07) is 5.77. The second-order valence-corrected chi connectivity index (χ2v) is 4.66. The molecule has 2 aromatic rings. The highest BCUT2D eigenvalue weighted by atomic mass is 16.6. The highest BCUT2D eigenvalue weighted by molar-refractivity contribution is 5.64. The summed E-state index contributed by atoms with van der Waals surface area (Å²) in [7, 11) is 1.68. The molecule has 1 aliphatic heterocycles. The van der Waals surface area contributed by atoms with Crippen molar-refractivity contribution in [3.63, 3.8) is 0 Å². The predicted molar refractivity (Wildman–Crippen MR) is 76.5 cm³/mol. The molecule has 0 spiro atoms. The molecule has 0 aliphatic carbocycles. The van der Waals surface area contributed by atoms with Crippen molar-refractivity contribution in [1.82, 2.24) is 10.3 Å². The maximum atomic E-state index is 5.60. The minimum Gasteiger partial charge on any atom is -0.486 e. The summed E-state index contributed by atoms with van der Waals surface area (Å²) in [4.78, 5) is 4.26. The van der Waals surface area contributed by atoms with Crippen molar-refractivity contribution < 1.29 is 18.6 Å². The number of rotatable bonds is 6. The van der Waals surface area contributed by atoms with Crippen molar-refractivity contribution in [1.29, 1.82) is 0 Å². The average Bonchev–Trinajstić information content (AvgIpc) is 2.99. The van der Waals surface area contributed by atoms with Gasteiger partial charge in [0.2, 0.25) is 0 Å². The topological polar surface area (TPSA) is 65.8 Å². The van der Waals surface area contributed by atoms with Gasteiger partial charge in [-0.25, -0.2) is 4.98 Å². The van der Waals surface area contributed by atoms with Gasteiger partial charge in [-0.2, -0.15) is 0 Å². The Kier molecular flexibility index (Phi) is 4.37. The van der Waals surface area contributed by atoms with Crippen molar-refractivity contribution in [2.75, 3.05) is 33.5 Å². The van der Waals surface area contributed by atoms with E-state index in [9.17, 15) is 0 Å². The van der Waals surface area contributed by atoms with Crippen LogP contribution in [-0.2, 0) is 11.3 Å². The third kappa shape index (κ3) is 3.17. The number of hydrogen-bond acceptors (Lipinski definition) is 6. The van der Waals surface area contributed by atoms with Gasteiger partial charge in [0.1, 0.15) is 18.9 Å². The van der Waals surface area contributed by atoms with E-state index in [0.717, 1.165) is 35.1 Å². The molecule has 0 unspecified atom stereocenters. The van der Waals surface area contributed by atoms with Crippen LogP contribution in [0.5, 0.6) is 11.5 Å². The zero-order valence-corrected chi connectivity index (χ0v) is 11.9. The number of oxazole rings is 1. The molecule has 1 aromatic heterocycles. The molecule has 6 nitrogen and oxygen atoms in total. The van der Waals surface area contributed by atoms with E-state index < -0.39 is 0 Å². The van der Waals surface area contributed by atoms with Gasteiger partial charge in [0, 0.05) is 25.8 Å². The van der Waals surface area contributed by atoms with Gasteiger partial charge in [-0.05, 0) is 18.2 Å². The molecular weight excluding hydrogens is 272 g/mol. The third-order valence-corrected chi connectivity index (χ3v) is 3.22. The lowest BCUT2D eigenvalue weighted by atomic mass is 10.1. The van der Waals surface area contributed by atoms with Gasteiger partial charge in [0.25, 0.3) is 0 Å². The van der Waals surface area contributed by atoms with Crippen molar-refractivity contribution in [2.45, 2.75) is 6.54 Å². The first-order valence-corrected chi connectivity index (χ1v) is 6.90. The fraction of sp³-hybridized carbons (Fsp3) is 0.400. The quantitative estimate of drug-likeness (QED) is 0.819. The van der Waals surface area contributed by atoms with Crippen LogP contribution >= 0.6 is 0 Å². The molecule has 3 rings (SSSR count). The van der Waals surface area contributed by atoms with E-state index >= 15 is 0 Å². The Hall–Kier alpha value is -2.05. The van der Waals surface area contributed by atoms with Gasteiger partial charge in [-0.15, -0.1) is 0 Å². The summed E-state index contributed by atoms with van der Waals surface area (Å²) in [6.45, 7) is 3.21. The maximum Gasteiger partial charge on any atom is 0.181 e. The Labute approximate surface area is 123 Å². The first-order valence-electron chi connectivity index (χ1n) is 6.90. The van der Waals surface area contributed by atoms with Crippen LogP contribution in [0.15, 0.2) is 29.0 Å². The second-order valence-electron chi connectivity index (χ2n) is 4.66. The molecule has 0 radical (unpaired) electrons. The average molecular weight is 290 g/mol. The second kappa shape index (κ2) is 6.60. The van der Waals surface area contributed by atoms with E-state index in [0.29, 0.717) is 26.4 Å². The molecule has 0 amide bonds. The molecule has 21 heavy (non-hydrogen) atoms. The van der Waals surface area contributed by atoms with E-state index in [1.54, 1.807) is 7.11 Å². The van der Waals surface area contributed by atoms with Crippen LogP contribution in [0.3, 0.4) is 0 Å². The fourth-order valence-electron chi connectivity index (χ4n) is 2.20. The smallest absolute Gasteiger partial charge is 0.181 e. The van der Waals surface area contributed by atoms with Crippen molar-refractivity contribution in [3.8, 4) is 22.8 Å². The van der Waals surface area contributed by atoms with Crippen molar-refractivity contribution in [3.05, 3.63) is 30.3 Å². The summed E-state index contributed by atoms with van der Waals surface area (Å²) in [5, 5.41) is 3.26. The molecule has 0 atom stereocenters. The normalized spacial score (nSPS) is 13.4. The molecule has 1 aliphatic rings. The van der Waals surface area contributed by atoms with Gasteiger partial charge in [0.15, 0.2) is 23.7 Å².